The third-order valence-electron chi connectivity index (χ3n) is 4.17. The molecule has 6 nitrogen and oxygen atoms in total. The molecule has 1 aliphatic rings. The lowest BCUT2D eigenvalue weighted by Gasteiger charge is -2.40. The number of carbonyl (C=O) groups excluding carboxylic acids is 2. The minimum atomic E-state index is -1.59. The van der Waals surface area contributed by atoms with Crippen molar-refractivity contribution in [2.45, 2.75) is 26.0 Å². The van der Waals surface area contributed by atoms with Gasteiger partial charge in [0.05, 0.1) is 18.5 Å². The van der Waals surface area contributed by atoms with Crippen LogP contribution in [0.2, 0.25) is 0 Å². The standard InChI is InChI=1S/C18H20N2O4/c1-4-20-14-9-5-6-10-15(14)24-18(2,17(20)22)16(21)19(3)12-13-8-7-11-23-13/h5-11H,4,12H2,1-3H3. The number of amides is 2. The first-order valence-electron chi connectivity index (χ1n) is 7.85. The molecule has 0 radical (unpaired) electrons. The Hall–Kier alpha value is -2.76. The highest BCUT2D eigenvalue weighted by atomic mass is 16.5. The second kappa shape index (κ2) is 6.03. The number of furan rings is 1. The molecule has 126 valence electrons. The van der Waals surface area contributed by atoms with E-state index in [9.17, 15) is 9.59 Å². The Morgan fingerprint density at radius 2 is 2.00 bits per heavy atom. The Morgan fingerprint density at radius 1 is 1.25 bits per heavy atom. The van der Waals surface area contributed by atoms with Crippen molar-refractivity contribution in [2.24, 2.45) is 0 Å². The fraction of sp³-hybridized carbons (Fsp3) is 0.333. The molecule has 2 heterocycles. The smallest absolute Gasteiger partial charge is 0.280 e. The molecule has 1 aliphatic heterocycles. The largest absolute Gasteiger partial charge is 0.467 e. The number of carbonyl (C=O) groups is 2. The van der Waals surface area contributed by atoms with E-state index in [-0.39, 0.29) is 12.5 Å². The second-order valence-electron chi connectivity index (χ2n) is 5.89. The molecule has 1 aromatic heterocycles. The molecule has 1 atom stereocenters. The lowest BCUT2D eigenvalue weighted by atomic mass is 9.99. The average Bonchev–Trinajstić information content (AvgIpc) is 3.08. The maximum Gasteiger partial charge on any atom is 0.280 e. The quantitative estimate of drug-likeness (QED) is 0.809. The maximum atomic E-state index is 12.9. The van der Waals surface area contributed by atoms with Crippen molar-refractivity contribution in [2.75, 3.05) is 18.5 Å². The van der Waals surface area contributed by atoms with E-state index in [1.54, 1.807) is 36.4 Å². The first kappa shape index (κ1) is 16.1. The van der Waals surface area contributed by atoms with Crippen molar-refractivity contribution in [3.8, 4) is 5.75 Å². The summed E-state index contributed by atoms with van der Waals surface area (Å²) in [5.74, 6) is 0.406. The van der Waals surface area contributed by atoms with E-state index >= 15 is 0 Å². The van der Waals surface area contributed by atoms with E-state index in [2.05, 4.69) is 0 Å². The summed E-state index contributed by atoms with van der Waals surface area (Å²) >= 11 is 0. The van der Waals surface area contributed by atoms with E-state index in [0.29, 0.717) is 23.7 Å². The van der Waals surface area contributed by atoms with Crippen molar-refractivity contribution in [3.05, 3.63) is 48.4 Å². The second-order valence-corrected chi connectivity index (χ2v) is 5.89. The molecule has 0 saturated carbocycles. The van der Waals surface area contributed by atoms with Gasteiger partial charge < -0.3 is 19.0 Å². The minimum Gasteiger partial charge on any atom is -0.467 e. The van der Waals surface area contributed by atoms with Gasteiger partial charge in [0.2, 0.25) is 0 Å². The summed E-state index contributed by atoms with van der Waals surface area (Å²) in [5, 5.41) is 0. The molecule has 0 fully saturated rings. The Labute approximate surface area is 140 Å². The van der Waals surface area contributed by atoms with E-state index < -0.39 is 11.5 Å². The van der Waals surface area contributed by atoms with Gasteiger partial charge in [-0.2, -0.15) is 0 Å². The van der Waals surface area contributed by atoms with Crippen LogP contribution < -0.4 is 9.64 Å². The minimum absolute atomic E-state index is 0.270. The van der Waals surface area contributed by atoms with Gasteiger partial charge in [0.25, 0.3) is 17.4 Å². The number of hydrogen-bond acceptors (Lipinski definition) is 4. The molecule has 1 unspecified atom stereocenters. The first-order chi connectivity index (χ1) is 11.5. The van der Waals surface area contributed by atoms with Crippen LogP contribution in [0.25, 0.3) is 0 Å². The Bertz CT molecular complexity index is 756. The van der Waals surface area contributed by atoms with Crippen LogP contribution in [-0.4, -0.2) is 35.9 Å². The number of fused-ring (bicyclic) bond motifs is 1. The highest BCUT2D eigenvalue weighted by Crippen LogP contribution is 2.38. The number of rotatable bonds is 4. The predicted octanol–water partition coefficient (Wildman–Crippen LogP) is 2.44. The SMILES string of the molecule is CCN1C(=O)C(C)(C(=O)N(C)Cc2ccco2)Oc2ccccc21. The van der Waals surface area contributed by atoms with Crippen LogP contribution >= 0.6 is 0 Å². The Kier molecular flexibility index (Phi) is 4.05. The summed E-state index contributed by atoms with van der Waals surface area (Å²) < 4.78 is 11.1. The summed E-state index contributed by atoms with van der Waals surface area (Å²) in [6, 6.07) is 10.8. The molecule has 2 amide bonds. The third kappa shape index (κ3) is 2.54. The molecule has 0 bridgehead atoms. The van der Waals surface area contributed by atoms with E-state index in [1.165, 1.54) is 11.8 Å². The summed E-state index contributed by atoms with van der Waals surface area (Å²) in [7, 11) is 1.63. The zero-order valence-electron chi connectivity index (χ0n) is 14.0. The summed E-state index contributed by atoms with van der Waals surface area (Å²) in [5.41, 5.74) is -0.907. The van der Waals surface area contributed by atoms with Crippen LogP contribution in [0.1, 0.15) is 19.6 Å². The van der Waals surface area contributed by atoms with E-state index in [0.717, 1.165) is 0 Å². The first-order valence-corrected chi connectivity index (χ1v) is 7.85. The predicted molar refractivity (Wildman–Crippen MR) is 88.7 cm³/mol. The lowest BCUT2D eigenvalue weighted by molar-refractivity contribution is -0.155. The van der Waals surface area contributed by atoms with Crippen molar-refractivity contribution in [1.82, 2.24) is 4.90 Å². The van der Waals surface area contributed by atoms with Gasteiger partial charge in [-0.05, 0) is 38.1 Å². The van der Waals surface area contributed by atoms with Gasteiger partial charge in [-0.25, -0.2) is 0 Å². The number of benzene rings is 1. The number of para-hydroxylation sites is 2. The molecule has 0 N–H and O–H groups in total. The topological polar surface area (TPSA) is 63.0 Å². The molecule has 0 aliphatic carbocycles. The molecular formula is C18H20N2O4. The fourth-order valence-electron chi connectivity index (χ4n) is 2.92. The van der Waals surface area contributed by atoms with Gasteiger partial charge >= 0.3 is 0 Å². The molecule has 0 spiro atoms. The molecular weight excluding hydrogens is 308 g/mol. The Morgan fingerprint density at radius 3 is 2.67 bits per heavy atom. The molecule has 1 aromatic carbocycles. The van der Waals surface area contributed by atoms with Crippen molar-refractivity contribution in [3.63, 3.8) is 0 Å². The van der Waals surface area contributed by atoms with Crippen molar-refractivity contribution >= 4 is 17.5 Å². The van der Waals surface area contributed by atoms with Gasteiger partial charge in [0, 0.05) is 13.6 Å². The average molecular weight is 328 g/mol. The van der Waals surface area contributed by atoms with Gasteiger partial charge in [0.1, 0.15) is 11.5 Å². The summed E-state index contributed by atoms with van der Waals surface area (Å²) in [6.45, 7) is 4.13. The molecule has 6 heteroatoms. The number of likely N-dealkylation sites (N-methyl/N-ethyl adjacent to an activating group) is 2. The van der Waals surface area contributed by atoms with Gasteiger partial charge in [-0.15, -0.1) is 0 Å². The molecule has 24 heavy (non-hydrogen) atoms. The van der Waals surface area contributed by atoms with Crippen LogP contribution in [0.3, 0.4) is 0 Å². The number of hydrogen-bond donors (Lipinski definition) is 0. The summed E-state index contributed by atoms with van der Waals surface area (Å²) in [4.78, 5) is 28.9. The van der Waals surface area contributed by atoms with Crippen molar-refractivity contribution in [1.29, 1.82) is 0 Å². The molecule has 2 aromatic rings. The highest BCUT2D eigenvalue weighted by Gasteiger charge is 2.51. The van der Waals surface area contributed by atoms with Crippen LogP contribution in [0.5, 0.6) is 5.75 Å². The Balaban J connectivity index is 1.91. The maximum absolute atomic E-state index is 12.9. The number of anilines is 1. The van der Waals surface area contributed by atoms with Gasteiger partial charge in [0.15, 0.2) is 0 Å². The lowest BCUT2D eigenvalue weighted by Crippen LogP contribution is -2.62. The fourth-order valence-corrected chi connectivity index (χ4v) is 2.92. The van der Waals surface area contributed by atoms with Crippen LogP contribution in [0.15, 0.2) is 47.1 Å². The summed E-state index contributed by atoms with van der Waals surface area (Å²) in [6.07, 6.45) is 1.55. The normalized spacial score (nSPS) is 19.6. The van der Waals surface area contributed by atoms with E-state index in [1.807, 2.05) is 25.1 Å². The van der Waals surface area contributed by atoms with Gasteiger partial charge in [-0.1, -0.05) is 12.1 Å². The van der Waals surface area contributed by atoms with Crippen LogP contribution in [0.4, 0.5) is 5.69 Å². The van der Waals surface area contributed by atoms with Crippen LogP contribution in [0, 0.1) is 0 Å². The van der Waals surface area contributed by atoms with Gasteiger partial charge in [-0.3, -0.25) is 9.59 Å². The van der Waals surface area contributed by atoms with Crippen molar-refractivity contribution < 1.29 is 18.7 Å². The third-order valence-corrected chi connectivity index (χ3v) is 4.17. The monoisotopic (exact) mass is 328 g/mol. The molecule has 3 rings (SSSR count). The highest BCUT2D eigenvalue weighted by molar-refractivity contribution is 6.16. The zero-order chi connectivity index (χ0) is 17.3. The van der Waals surface area contributed by atoms with Crippen LogP contribution in [-0.2, 0) is 16.1 Å². The zero-order valence-corrected chi connectivity index (χ0v) is 14.0. The van der Waals surface area contributed by atoms with E-state index in [4.69, 9.17) is 9.15 Å². The molecule has 0 saturated heterocycles. The number of nitrogens with zero attached hydrogens (tertiary/aromatic N) is 2. The number of ether oxygens (including phenoxy) is 1.